The second-order valence-electron chi connectivity index (χ2n) is 5.24. The Morgan fingerprint density at radius 3 is 2.30 bits per heavy atom. The predicted octanol–water partition coefficient (Wildman–Crippen LogP) is 4.93. The molecule has 0 heterocycles. The summed E-state index contributed by atoms with van der Waals surface area (Å²) in [7, 11) is 0. The van der Waals surface area contributed by atoms with Crippen molar-refractivity contribution in [2.45, 2.75) is 39.7 Å². The van der Waals surface area contributed by atoms with Gasteiger partial charge in [-0.1, -0.05) is 60.1 Å². The third-order valence-electron chi connectivity index (χ3n) is 3.84. The van der Waals surface area contributed by atoms with Gasteiger partial charge in [-0.2, -0.15) is 0 Å². The van der Waals surface area contributed by atoms with Gasteiger partial charge in [0.15, 0.2) is 0 Å². The van der Waals surface area contributed by atoms with Gasteiger partial charge in [0.1, 0.15) is 0 Å². The maximum Gasteiger partial charge on any atom is 0.0562 e. The number of aryl methyl sites for hydroxylation is 3. The fourth-order valence-electron chi connectivity index (χ4n) is 2.58. The van der Waals surface area contributed by atoms with E-state index < -0.39 is 0 Å². The molecule has 0 saturated heterocycles. The molecular weight excluding hydrogens is 310 g/mol. The summed E-state index contributed by atoms with van der Waals surface area (Å²) in [5.74, 6) is 0. The summed E-state index contributed by atoms with van der Waals surface area (Å²) < 4.78 is 1.09. The molecule has 0 aliphatic carbocycles. The average Bonchev–Trinajstić information content (AvgIpc) is 2.45. The lowest BCUT2D eigenvalue weighted by Crippen LogP contribution is -2.13. The van der Waals surface area contributed by atoms with E-state index in [2.05, 4.69) is 73.1 Å². The summed E-state index contributed by atoms with van der Waals surface area (Å²) in [6.45, 7) is 6.49. The zero-order chi connectivity index (χ0) is 14.7. The minimum atomic E-state index is -0.0822. The number of benzene rings is 2. The molecule has 2 N–H and O–H groups in total. The Kier molecular flexibility index (Phi) is 5.00. The highest BCUT2D eigenvalue weighted by molar-refractivity contribution is 9.10. The van der Waals surface area contributed by atoms with Crippen molar-refractivity contribution >= 4 is 15.9 Å². The zero-order valence-corrected chi connectivity index (χ0v) is 14.0. The molecule has 2 rings (SSSR count). The number of halogens is 1. The summed E-state index contributed by atoms with van der Waals surface area (Å²) in [6.07, 6.45) is 2.13. The van der Waals surface area contributed by atoms with Crippen LogP contribution in [0.3, 0.4) is 0 Å². The van der Waals surface area contributed by atoms with E-state index in [9.17, 15) is 0 Å². The van der Waals surface area contributed by atoms with Crippen molar-refractivity contribution in [3.05, 3.63) is 68.7 Å². The highest BCUT2D eigenvalue weighted by atomic mass is 79.9. The molecule has 106 valence electrons. The third-order valence-corrected chi connectivity index (χ3v) is 4.53. The monoisotopic (exact) mass is 331 g/mol. The number of rotatable bonds is 4. The van der Waals surface area contributed by atoms with Crippen LogP contribution < -0.4 is 5.73 Å². The highest BCUT2D eigenvalue weighted by Gasteiger charge is 2.13. The third kappa shape index (κ3) is 3.13. The molecule has 2 aromatic rings. The highest BCUT2D eigenvalue weighted by Crippen LogP contribution is 2.29. The van der Waals surface area contributed by atoms with Crippen molar-refractivity contribution < 1.29 is 0 Å². The molecule has 0 saturated carbocycles. The average molecular weight is 332 g/mol. The maximum atomic E-state index is 6.45. The molecule has 1 unspecified atom stereocenters. The minimum Gasteiger partial charge on any atom is -0.320 e. The second-order valence-corrected chi connectivity index (χ2v) is 6.09. The molecule has 1 nitrogen and oxygen atoms in total. The van der Waals surface area contributed by atoms with E-state index in [4.69, 9.17) is 5.73 Å². The molecule has 0 radical (unpaired) electrons. The summed E-state index contributed by atoms with van der Waals surface area (Å²) in [4.78, 5) is 0. The van der Waals surface area contributed by atoms with Gasteiger partial charge in [0, 0.05) is 4.47 Å². The molecule has 0 aromatic heterocycles. The molecule has 0 spiro atoms. The first-order valence-electron chi connectivity index (χ1n) is 7.20. The lowest BCUT2D eigenvalue weighted by Gasteiger charge is -2.17. The Hall–Kier alpha value is -1.12. The standard InChI is InChI=1S/C18H22BrN/c1-4-13-7-8-15(11-14(13)5-2)18(20)16-9-6-12(3)10-17(16)19/h6-11,18H,4-5,20H2,1-3H3. The van der Waals surface area contributed by atoms with Crippen LogP contribution in [0, 0.1) is 6.92 Å². The summed E-state index contributed by atoms with van der Waals surface area (Å²) in [5.41, 5.74) is 12.8. The van der Waals surface area contributed by atoms with Gasteiger partial charge in [-0.25, -0.2) is 0 Å². The van der Waals surface area contributed by atoms with Gasteiger partial charge in [-0.15, -0.1) is 0 Å². The molecule has 1 atom stereocenters. The van der Waals surface area contributed by atoms with E-state index >= 15 is 0 Å². The van der Waals surface area contributed by atoms with Crippen LogP contribution in [0.1, 0.15) is 47.7 Å². The molecule has 0 amide bonds. The van der Waals surface area contributed by atoms with Gasteiger partial charge >= 0.3 is 0 Å². The van der Waals surface area contributed by atoms with E-state index in [1.807, 2.05) is 0 Å². The van der Waals surface area contributed by atoms with Crippen molar-refractivity contribution in [3.63, 3.8) is 0 Å². The fraction of sp³-hybridized carbons (Fsp3) is 0.333. The van der Waals surface area contributed by atoms with Crippen LogP contribution >= 0.6 is 15.9 Å². The molecule has 0 fully saturated rings. The van der Waals surface area contributed by atoms with Crippen LogP contribution in [0.4, 0.5) is 0 Å². The molecule has 2 heteroatoms. The molecular formula is C18H22BrN. The summed E-state index contributed by atoms with van der Waals surface area (Å²) in [5, 5.41) is 0. The van der Waals surface area contributed by atoms with Crippen LogP contribution in [0.2, 0.25) is 0 Å². The van der Waals surface area contributed by atoms with E-state index in [0.717, 1.165) is 22.9 Å². The van der Waals surface area contributed by atoms with Crippen LogP contribution in [0.15, 0.2) is 40.9 Å². The lowest BCUT2D eigenvalue weighted by atomic mass is 9.93. The van der Waals surface area contributed by atoms with Gasteiger partial charge in [-0.3, -0.25) is 0 Å². The van der Waals surface area contributed by atoms with E-state index in [1.165, 1.54) is 22.3 Å². The topological polar surface area (TPSA) is 26.0 Å². The van der Waals surface area contributed by atoms with Gasteiger partial charge in [0.2, 0.25) is 0 Å². The minimum absolute atomic E-state index is 0.0822. The van der Waals surface area contributed by atoms with Crippen LogP contribution in [-0.4, -0.2) is 0 Å². The Balaban J connectivity index is 2.40. The molecule has 2 aromatic carbocycles. The Morgan fingerprint density at radius 1 is 1.00 bits per heavy atom. The zero-order valence-electron chi connectivity index (χ0n) is 12.4. The normalized spacial score (nSPS) is 12.4. The number of hydrogen-bond donors (Lipinski definition) is 1. The molecule has 0 aliphatic rings. The van der Waals surface area contributed by atoms with Gasteiger partial charge in [0.25, 0.3) is 0 Å². The first-order valence-corrected chi connectivity index (χ1v) is 7.99. The van der Waals surface area contributed by atoms with Gasteiger partial charge in [-0.05, 0) is 53.6 Å². The fourth-order valence-corrected chi connectivity index (χ4v) is 3.32. The van der Waals surface area contributed by atoms with E-state index in [-0.39, 0.29) is 6.04 Å². The number of nitrogens with two attached hydrogens (primary N) is 1. The Morgan fingerprint density at radius 2 is 1.70 bits per heavy atom. The van der Waals surface area contributed by atoms with Crippen molar-refractivity contribution in [2.24, 2.45) is 5.73 Å². The van der Waals surface area contributed by atoms with Crippen molar-refractivity contribution in [1.82, 2.24) is 0 Å². The van der Waals surface area contributed by atoms with Crippen LogP contribution in [-0.2, 0) is 12.8 Å². The predicted molar refractivity (Wildman–Crippen MR) is 90.1 cm³/mol. The van der Waals surface area contributed by atoms with Crippen LogP contribution in [0.25, 0.3) is 0 Å². The largest absolute Gasteiger partial charge is 0.320 e. The lowest BCUT2D eigenvalue weighted by molar-refractivity contribution is 0.857. The van der Waals surface area contributed by atoms with Gasteiger partial charge < -0.3 is 5.73 Å². The van der Waals surface area contributed by atoms with Crippen molar-refractivity contribution in [2.75, 3.05) is 0 Å². The van der Waals surface area contributed by atoms with E-state index in [1.54, 1.807) is 0 Å². The number of hydrogen-bond acceptors (Lipinski definition) is 1. The Labute approximate surface area is 130 Å². The summed E-state index contributed by atoms with van der Waals surface area (Å²) >= 11 is 3.63. The van der Waals surface area contributed by atoms with E-state index in [0.29, 0.717) is 0 Å². The SMILES string of the molecule is CCc1ccc(C(N)c2ccc(C)cc2Br)cc1CC. The van der Waals surface area contributed by atoms with Crippen LogP contribution in [0.5, 0.6) is 0 Å². The van der Waals surface area contributed by atoms with Gasteiger partial charge in [0.05, 0.1) is 6.04 Å². The smallest absolute Gasteiger partial charge is 0.0562 e. The van der Waals surface area contributed by atoms with Crippen molar-refractivity contribution in [3.8, 4) is 0 Å². The molecule has 0 aliphatic heterocycles. The summed E-state index contributed by atoms with van der Waals surface area (Å²) in [6, 6.07) is 12.9. The molecule has 20 heavy (non-hydrogen) atoms. The first kappa shape index (κ1) is 15.3. The quantitative estimate of drug-likeness (QED) is 0.844. The Bertz CT molecular complexity index is 604. The van der Waals surface area contributed by atoms with Crippen molar-refractivity contribution in [1.29, 1.82) is 0 Å². The molecule has 0 bridgehead atoms. The second kappa shape index (κ2) is 6.55. The maximum absolute atomic E-state index is 6.45. The first-order chi connectivity index (χ1) is 9.56.